The van der Waals surface area contributed by atoms with Crippen molar-refractivity contribution in [2.75, 3.05) is 0 Å². The third kappa shape index (κ3) is 8.15. The molecule has 6 nitrogen and oxygen atoms in total. The van der Waals surface area contributed by atoms with Crippen LogP contribution in [0.4, 0.5) is 0 Å². The molecule has 7 heteroatoms. The van der Waals surface area contributed by atoms with Gasteiger partial charge in [0.1, 0.15) is 0 Å². The molecule has 19 heavy (non-hydrogen) atoms. The molecular weight excluding hydrogens is 272 g/mol. The second-order valence-electron chi connectivity index (χ2n) is 3.81. The molecule has 1 rings (SSSR count). The first kappa shape index (κ1) is 17.4. The minimum Gasteiger partial charge on any atom is -0.473 e. The number of aryl methyl sites for hydroxylation is 1. The van der Waals surface area contributed by atoms with Crippen LogP contribution in [0.15, 0.2) is 24.3 Å². The fourth-order valence-electron chi connectivity index (χ4n) is 1.16. The maximum atomic E-state index is 9.10. The molecule has 0 heterocycles. The zero-order valence-corrected chi connectivity index (χ0v) is 11.2. The number of halogens is 1. The summed E-state index contributed by atoms with van der Waals surface area (Å²) in [6, 6.07) is 8.23. The van der Waals surface area contributed by atoms with E-state index < -0.39 is 11.9 Å². The molecule has 0 radical (unpaired) electrons. The van der Waals surface area contributed by atoms with E-state index in [2.05, 4.69) is 12.3 Å². The molecule has 0 aromatic heterocycles. The number of benzene rings is 1. The summed E-state index contributed by atoms with van der Waals surface area (Å²) >= 11 is 6.00. The Bertz CT molecular complexity index is 414. The standard InChI is InChI=1S/C10H15ClN2.C2H2O4/c1-8(13-12)6-7-9-4-2-3-5-10(9)11;3-1(4)2(5)6/h2-5,8,13H,6-7,12H2,1H3;(H,3,4)(H,5,6). The number of carbonyl (C=O) groups is 2. The van der Waals surface area contributed by atoms with Crippen LogP contribution in [0.2, 0.25) is 5.02 Å². The average molecular weight is 289 g/mol. The van der Waals surface area contributed by atoms with Gasteiger partial charge in [-0.3, -0.25) is 11.3 Å². The lowest BCUT2D eigenvalue weighted by Gasteiger charge is -2.09. The van der Waals surface area contributed by atoms with Crippen LogP contribution in [0.3, 0.4) is 0 Å². The van der Waals surface area contributed by atoms with E-state index in [-0.39, 0.29) is 0 Å². The Kier molecular flexibility index (Phi) is 8.52. The summed E-state index contributed by atoms with van der Waals surface area (Å²) in [6.45, 7) is 2.05. The fourth-order valence-corrected chi connectivity index (χ4v) is 1.39. The molecule has 0 aliphatic carbocycles. The number of rotatable bonds is 4. The van der Waals surface area contributed by atoms with Gasteiger partial charge in [0.15, 0.2) is 0 Å². The minimum atomic E-state index is -1.82. The maximum absolute atomic E-state index is 9.10. The van der Waals surface area contributed by atoms with Crippen LogP contribution in [0.5, 0.6) is 0 Å². The summed E-state index contributed by atoms with van der Waals surface area (Å²) in [5, 5.41) is 15.6. The van der Waals surface area contributed by atoms with Gasteiger partial charge in [0.25, 0.3) is 0 Å². The van der Waals surface area contributed by atoms with Crippen molar-refractivity contribution in [3.63, 3.8) is 0 Å². The number of hydrogen-bond acceptors (Lipinski definition) is 4. The van der Waals surface area contributed by atoms with E-state index in [1.54, 1.807) is 0 Å². The molecule has 0 aliphatic heterocycles. The van der Waals surface area contributed by atoms with Gasteiger partial charge in [-0.1, -0.05) is 29.8 Å². The van der Waals surface area contributed by atoms with Gasteiger partial charge in [-0.2, -0.15) is 0 Å². The van der Waals surface area contributed by atoms with Gasteiger partial charge in [0.05, 0.1) is 0 Å². The first-order chi connectivity index (χ1) is 8.88. The van der Waals surface area contributed by atoms with Crippen molar-refractivity contribution in [3.8, 4) is 0 Å². The maximum Gasteiger partial charge on any atom is 0.414 e. The van der Waals surface area contributed by atoms with Crippen molar-refractivity contribution in [1.82, 2.24) is 5.43 Å². The lowest BCUT2D eigenvalue weighted by molar-refractivity contribution is -0.159. The average Bonchev–Trinajstić information content (AvgIpc) is 2.38. The van der Waals surface area contributed by atoms with Gasteiger partial charge in [0, 0.05) is 11.1 Å². The van der Waals surface area contributed by atoms with E-state index in [0.29, 0.717) is 6.04 Å². The first-order valence-corrected chi connectivity index (χ1v) is 5.92. The van der Waals surface area contributed by atoms with Gasteiger partial charge in [-0.15, -0.1) is 0 Å². The Labute approximate surface area is 116 Å². The number of carboxylic acid groups (broad SMARTS) is 2. The van der Waals surface area contributed by atoms with E-state index in [4.69, 9.17) is 37.2 Å². The van der Waals surface area contributed by atoms with Crippen LogP contribution in [-0.2, 0) is 16.0 Å². The molecule has 1 atom stereocenters. The summed E-state index contributed by atoms with van der Waals surface area (Å²) < 4.78 is 0. The topological polar surface area (TPSA) is 113 Å². The fraction of sp³-hybridized carbons (Fsp3) is 0.333. The molecule has 0 spiro atoms. The number of carboxylic acids is 2. The Balaban J connectivity index is 0.000000459. The quantitative estimate of drug-likeness (QED) is 0.377. The lowest BCUT2D eigenvalue weighted by atomic mass is 10.1. The molecule has 1 aromatic rings. The van der Waals surface area contributed by atoms with Gasteiger partial charge in [0.2, 0.25) is 0 Å². The van der Waals surface area contributed by atoms with E-state index >= 15 is 0 Å². The molecular formula is C12H17ClN2O4. The number of hydrogen-bond donors (Lipinski definition) is 4. The predicted octanol–water partition coefficient (Wildman–Crippen LogP) is 1.28. The molecule has 1 unspecified atom stereocenters. The molecule has 0 saturated heterocycles. The molecule has 0 amide bonds. The van der Waals surface area contributed by atoms with E-state index in [1.165, 1.54) is 5.56 Å². The van der Waals surface area contributed by atoms with Crippen LogP contribution in [0.25, 0.3) is 0 Å². The largest absolute Gasteiger partial charge is 0.473 e. The molecule has 1 aromatic carbocycles. The smallest absolute Gasteiger partial charge is 0.414 e. The normalized spacial score (nSPS) is 11.1. The van der Waals surface area contributed by atoms with Crippen molar-refractivity contribution < 1.29 is 19.8 Å². The monoisotopic (exact) mass is 288 g/mol. The van der Waals surface area contributed by atoms with Gasteiger partial charge >= 0.3 is 11.9 Å². The summed E-state index contributed by atoms with van der Waals surface area (Å²) in [4.78, 5) is 18.2. The van der Waals surface area contributed by atoms with Gasteiger partial charge in [-0.05, 0) is 31.4 Å². The van der Waals surface area contributed by atoms with Crippen molar-refractivity contribution in [1.29, 1.82) is 0 Å². The predicted molar refractivity (Wildman–Crippen MR) is 71.8 cm³/mol. The zero-order chi connectivity index (χ0) is 14.8. The Morgan fingerprint density at radius 1 is 1.32 bits per heavy atom. The summed E-state index contributed by atoms with van der Waals surface area (Å²) in [5.41, 5.74) is 3.90. The summed E-state index contributed by atoms with van der Waals surface area (Å²) in [6.07, 6.45) is 1.96. The van der Waals surface area contributed by atoms with Crippen molar-refractivity contribution in [3.05, 3.63) is 34.9 Å². The SMILES string of the molecule is CC(CCc1ccccc1Cl)NN.O=C(O)C(=O)O. The van der Waals surface area contributed by atoms with Gasteiger partial charge < -0.3 is 10.2 Å². The molecule has 0 fully saturated rings. The van der Waals surface area contributed by atoms with Gasteiger partial charge in [-0.25, -0.2) is 9.59 Å². The highest BCUT2D eigenvalue weighted by Crippen LogP contribution is 2.16. The molecule has 106 valence electrons. The molecule has 5 N–H and O–H groups in total. The van der Waals surface area contributed by atoms with E-state index in [1.807, 2.05) is 24.3 Å². The van der Waals surface area contributed by atoms with E-state index in [0.717, 1.165) is 17.9 Å². The van der Waals surface area contributed by atoms with Crippen molar-refractivity contribution in [2.24, 2.45) is 5.84 Å². The number of nitrogens with two attached hydrogens (primary N) is 1. The third-order valence-corrected chi connectivity index (χ3v) is 2.64. The number of nitrogens with one attached hydrogen (secondary N) is 1. The second-order valence-corrected chi connectivity index (χ2v) is 4.22. The highest BCUT2D eigenvalue weighted by molar-refractivity contribution is 6.31. The Hall–Kier alpha value is -1.63. The van der Waals surface area contributed by atoms with Crippen LogP contribution >= 0.6 is 11.6 Å². The second kappa shape index (κ2) is 9.32. The van der Waals surface area contributed by atoms with Crippen LogP contribution < -0.4 is 11.3 Å². The molecule has 0 aliphatic rings. The minimum absolute atomic E-state index is 0.330. The van der Waals surface area contributed by atoms with Crippen molar-refractivity contribution >= 4 is 23.5 Å². The summed E-state index contributed by atoms with van der Waals surface area (Å²) in [7, 11) is 0. The third-order valence-electron chi connectivity index (χ3n) is 2.27. The Morgan fingerprint density at radius 2 is 1.84 bits per heavy atom. The number of hydrazine groups is 1. The Morgan fingerprint density at radius 3 is 2.26 bits per heavy atom. The summed E-state index contributed by atoms with van der Waals surface area (Å²) in [5.74, 6) is 1.64. The van der Waals surface area contributed by atoms with Crippen molar-refractivity contribution in [2.45, 2.75) is 25.8 Å². The number of aliphatic carboxylic acids is 2. The zero-order valence-electron chi connectivity index (χ0n) is 10.5. The van der Waals surface area contributed by atoms with Crippen LogP contribution in [-0.4, -0.2) is 28.2 Å². The first-order valence-electron chi connectivity index (χ1n) is 5.54. The van der Waals surface area contributed by atoms with Crippen LogP contribution in [0.1, 0.15) is 18.9 Å². The highest BCUT2D eigenvalue weighted by Gasteiger charge is 2.04. The lowest BCUT2D eigenvalue weighted by Crippen LogP contribution is -2.32. The van der Waals surface area contributed by atoms with Crippen LogP contribution in [0, 0.1) is 0 Å². The molecule has 0 bridgehead atoms. The van der Waals surface area contributed by atoms with E-state index in [9.17, 15) is 0 Å². The molecule has 0 saturated carbocycles. The highest BCUT2D eigenvalue weighted by atomic mass is 35.5.